The van der Waals surface area contributed by atoms with Crippen molar-refractivity contribution in [2.45, 2.75) is 18.7 Å². The number of ether oxygens (including phenoxy) is 1. The zero-order valence-corrected chi connectivity index (χ0v) is 13.5. The van der Waals surface area contributed by atoms with E-state index in [1.807, 2.05) is 13.8 Å². The highest BCUT2D eigenvalue weighted by Gasteiger charge is 2.19. The number of anilines is 1. The third-order valence-electron chi connectivity index (χ3n) is 3.03. The number of hydrogen-bond acceptors (Lipinski definition) is 3. The van der Waals surface area contributed by atoms with E-state index < -0.39 is 10.0 Å². The number of methoxy groups -OCH3 is 1. The van der Waals surface area contributed by atoms with E-state index in [0.717, 1.165) is 11.1 Å². The molecule has 2 aromatic rings. The lowest BCUT2D eigenvalue weighted by atomic mass is 10.2. The third-order valence-corrected chi connectivity index (χ3v) is 4.86. The fourth-order valence-corrected chi connectivity index (χ4v) is 3.25. The van der Waals surface area contributed by atoms with E-state index in [1.54, 1.807) is 30.3 Å². The van der Waals surface area contributed by atoms with Crippen LogP contribution in [0.5, 0.6) is 5.75 Å². The molecule has 0 atom stereocenters. The van der Waals surface area contributed by atoms with Gasteiger partial charge in [-0.1, -0.05) is 23.7 Å². The van der Waals surface area contributed by atoms with Crippen LogP contribution < -0.4 is 9.46 Å². The van der Waals surface area contributed by atoms with Crippen LogP contribution in [-0.2, 0) is 10.0 Å². The van der Waals surface area contributed by atoms with Gasteiger partial charge in [0.25, 0.3) is 10.0 Å². The van der Waals surface area contributed by atoms with Gasteiger partial charge in [0.1, 0.15) is 10.6 Å². The van der Waals surface area contributed by atoms with Crippen LogP contribution in [0.25, 0.3) is 0 Å². The molecule has 0 fully saturated rings. The first-order valence-corrected chi connectivity index (χ1v) is 8.13. The Kier molecular flexibility index (Phi) is 4.44. The molecule has 2 aromatic carbocycles. The Morgan fingerprint density at radius 1 is 1.10 bits per heavy atom. The Morgan fingerprint density at radius 3 is 2.43 bits per heavy atom. The lowest BCUT2D eigenvalue weighted by Crippen LogP contribution is -2.14. The summed E-state index contributed by atoms with van der Waals surface area (Å²) in [6, 6.07) is 9.92. The predicted octanol–water partition coefficient (Wildman–Crippen LogP) is 3.77. The highest BCUT2D eigenvalue weighted by molar-refractivity contribution is 7.92. The Balaban J connectivity index is 2.40. The summed E-state index contributed by atoms with van der Waals surface area (Å²) in [5.74, 6) is 0.306. The molecular formula is C15H16ClNO3S. The molecule has 0 saturated carbocycles. The maximum absolute atomic E-state index is 12.5. The van der Waals surface area contributed by atoms with Gasteiger partial charge < -0.3 is 4.74 Å². The van der Waals surface area contributed by atoms with Crippen LogP contribution in [0.2, 0.25) is 5.02 Å². The number of sulfonamides is 1. The van der Waals surface area contributed by atoms with E-state index in [2.05, 4.69) is 4.72 Å². The second kappa shape index (κ2) is 5.95. The summed E-state index contributed by atoms with van der Waals surface area (Å²) in [6.45, 7) is 3.72. The summed E-state index contributed by atoms with van der Waals surface area (Å²) in [5, 5.41) is 0.506. The predicted molar refractivity (Wildman–Crippen MR) is 84.7 cm³/mol. The lowest BCUT2D eigenvalue weighted by molar-refractivity contribution is 0.402. The Labute approximate surface area is 129 Å². The second-order valence-electron chi connectivity index (χ2n) is 4.72. The zero-order valence-electron chi connectivity index (χ0n) is 12.0. The van der Waals surface area contributed by atoms with Crippen LogP contribution >= 0.6 is 11.6 Å². The smallest absolute Gasteiger partial charge is 0.265 e. The minimum absolute atomic E-state index is 0.0901. The molecule has 0 aliphatic rings. The van der Waals surface area contributed by atoms with Gasteiger partial charge in [-0.3, -0.25) is 4.72 Å². The van der Waals surface area contributed by atoms with Crippen LogP contribution in [0.4, 0.5) is 5.69 Å². The molecule has 0 amide bonds. The molecule has 0 aliphatic carbocycles. The highest BCUT2D eigenvalue weighted by Crippen LogP contribution is 2.28. The fraction of sp³-hybridized carbons (Fsp3) is 0.200. The van der Waals surface area contributed by atoms with E-state index in [9.17, 15) is 8.42 Å². The number of nitrogens with one attached hydrogen (secondary N) is 1. The van der Waals surface area contributed by atoms with Crippen LogP contribution in [0, 0.1) is 13.8 Å². The number of benzene rings is 2. The molecule has 21 heavy (non-hydrogen) atoms. The summed E-state index contributed by atoms with van der Waals surface area (Å²) in [6.07, 6.45) is 0. The van der Waals surface area contributed by atoms with Crippen LogP contribution in [0.3, 0.4) is 0 Å². The normalized spacial score (nSPS) is 11.2. The summed E-state index contributed by atoms with van der Waals surface area (Å²) in [7, 11) is -2.30. The van der Waals surface area contributed by atoms with Gasteiger partial charge in [0.05, 0.1) is 12.8 Å². The first kappa shape index (κ1) is 15.7. The van der Waals surface area contributed by atoms with Gasteiger partial charge >= 0.3 is 0 Å². The fourth-order valence-electron chi connectivity index (χ4n) is 1.86. The van der Waals surface area contributed by atoms with Crippen LogP contribution in [0.15, 0.2) is 41.3 Å². The monoisotopic (exact) mass is 325 g/mol. The van der Waals surface area contributed by atoms with E-state index in [1.165, 1.54) is 13.2 Å². The molecule has 112 valence electrons. The zero-order chi connectivity index (χ0) is 15.6. The molecule has 0 spiro atoms. The Hall–Kier alpha value is -1.72. The Morgan fingerprint density at radius 2 is 1.81 bits per heavy atom. The largest absolute Gasteiger partial charge is 0.495 e. The van der Waals surface area contributed by atoms with Gasteiger partial charge in [0.2, 0.25) is 0 Å². The molecule has 0 bridgehead atoms. The molecule has 0 heterocycles. The van der Waals surface area contributed by atoms with Crippen molar-refractivity contribution in [3.8, 4) is 5.75 Å². The van der Waals surface area contributed by atoms with Gasteiger partial charge in [0, 0.05) is 5.02 Å². The molecular weight excluding hydrogens is 310 g/mol. The molecule has 0 saturated heterocycles. The van der Waals surface area contributed by atoms with Crippen molar-refractivity contribution in [2.24, 2.45) is 0 Å². The van der Waals surface area contributed by atoms with Crippen molar-refractivity contribution in [3.63, 3.8) is 0 Å². The maximum Gasteiger partial charge on any atom is 0.265 e. The van der Waals surface area contributed by atoms with Gasteiger partial charge in [-0.2, -0.15) is 0 Å². The standard InChI is InChI=1S/C15H16ClNO3S/c1-10-4-7-15(14(8-10)20-3)21(18,19)17-12-6-5-11(2)13(16)9-12/h4-9,17H,1-3H3. The number of hydrogen-bond donors (Lipinski definition) is 1. The lowest BCUT2D eigenvalue weighted by Gasteiger charge is -2.12. The SMILES string of the molecule is COc1cc(C)ccc1S(=O)(=O)Nc1ccc(C)c(Cl)c1. The first-order chi connectivity index (χ1) is 9.83. The summed E-state index contributed by atoms with van der Waals surface area (Å²) < 4.78 is 32.6. The third kappa shape index (κ3) is 3.49. The molecule has 0 unspecified atom stereocenters. The van der Waals surface area contributed by atoms with Crippen molar-refractivity contribution >= 4 is 27.3 Å². The van der Waals surface area contributed by atoms with Crippen molar-refractivity contribution in [1.29, 1.82) is 0 Å². The average molecular weight is 326 g/mol. The van der Waals surface area contributed by atoms with Crippen LogP contribution in [0.1, 0.15) is 11.1 Å². The van der Waals surface area contributed by atoms with Gasteiger partial charge in [-0.05, 0) is 49.2 Å². The van der Waals surface area contributed by atoms with Crippen molar-refractivity contribution in [3.05, 3.63) is 52.5 Å². The number of rotatable bonds is 4. The van der Waals surface area contributed by atoms with Crippen molar-refractivity contribution in [2.75, 3.05) is 11.8 Å². The van der Waals surface area contributed by atoms with Gasteiger partial charge in [-0.25, -0.2) is 8.42 Å². The summed E-state index contributed by atoms with van der Waals surface area (Å²) >= 11 is 6.01. The molecule has 4 nitrogen and oxygen atoms in total. The second-order valence-corrected chi connectivity index (χ2v) is 6.78. The number of halogens is 1. The highest BCUT2D eigenvalue weighted by atomic mass is 35.5. The quantitative estimate of drug-likeness (QED) is 0.931. The van der Waals surface area contributed by atoms with Crippen LogP contribution in [-0.4, -0.2) is 15.5 Å². The molecule has 6 heteroatoms. The molecule has 2 rings (SSSR count). The maximum atomic E-state index is 12.5. The van der Waals surface area contributed by atoms with Gasteiger partial charge in [-0.15, -0.1) is 0 Å². The minimum Gasteiger partial charge on any atom is -0.495 e. The van der Waals surface area contributed by atoms with E-state index in [0.29, 0.717) is 16.5 Å². The first-order valence-electron chi connectivity index (χ1n) is 6.27. The van der Waals surface area contributed by atoms with E-state index >= 15 is 0 Å². The molecule has 0 radical (unpaired) electrons. The summed E-state index contributed by atoms with van der Waals surface area (Å²) in [4.78, 5) is 0.0901. The van der Waals surface area contributed by atoms with E-state index in [-0.39, 0.29) is 4.90 Å². The molecule has 0 aromatic heterocycles. The van der Waals surface area contributed by atoms with Crippen molar-refractivity contribution < 1.29 is 13.2 Å². The molecule has 1 N–H and O–H groups in total. The van der Waals surface area contributed by atoms with Crippen molar-refractivity contribution in [1.82, 2.24) is 0 Å². The van der Waals surface area contributed by atoms with E-state index in [4.69, 9.17) is 16.3 Å². The molecule has 0 aliphatic heterocycles. The summed E-state index contributed by atoms with van der Waals surface area (Å²) in [5.41, 5.74) is 2.21. The Bertz CT molecular complexity index is 772. The topological polar surface area (TPSA) is 55.4 Å². The average Bonchev–Trinajstić information content (AvgIpc) is 2.42. The number of aryl methyl sites for hydroxylation is 2. The minimum atomic E-state index is -3.74. The van der Waals surface area contributed by atoms with Gasteiger partial charge in [0.15, 0.2) is 0 Å².